The zero-order valence-corrected chi connectivity index (χ0v) is 7.49. The first-order chi connectivity index (χ1) is 6.20. The fourth-order valence-electron chi connectivity index (χ4n) is 0.964. The number of carbonyl (C=O) groups is 1. The molecule has 4 nitrogen and oxygen atoms in total. The van der Waals surface area contributed by atoms with Gasteiger partial charge in [-0.3, -0.25) is 4.98 Å². The number of hydrogen-bond donors (Lipinski definition) is 1. The topological polar surface area (TPSA) is 57.5 Å². The molecule has 0 saturated carbocycles. The Labute approximate surface area is 76.8 Å². The molecule has 1 atom stereocenters. The number of nitrogens with one attached hydrogen (secondary N) is 1. The lowest BCUT2D eigenvalue weighted by Gasteiger charge is -2.16. The SMILES string of the molecule is CC(=O)[NH+]([O-])CCc1ccccn1. The van der Waals surface area contributed by atoms with Crippen molar-refractivity contribution < 1.29 is 9.86 Å². The maximum absolute atomic E-state index is 10.9. The molecule has 70 valence electrons. The number of hydrogen-bond acceptors (Lipinski definition) is 3. The lowest BCUT2D eigenvalue weighted by atomic mass is 10.3. The van der Waals surface area contributed by atoms with E-state index in [-0.39, 0.29) is 17.5 Å². The van der Waals surface area contributed by atoms with Crippen molar-refractivity contribution in [3.63, 3.8) is 0 Å². The van der Waals surface area contributed by atoms with Crippen molar-refractivity contribution in [2.24, 2.45) is 0 Å². The summed E-state index contributed by atoms with van der Waals surface area (Å²) in [6, 6.07) is 5.52. The van der Waals surface area contributed by atoms with Crippen molar-refractivity contribution in [3.8, 4) is 0 Å². The molecule has 1 heterocycles. The molecule has 0 aliphatic carbocycles. The van der Waals surface area contributed by atoms with Gasteiger partial charge in [0.05, 0.1) is 13.5 Å². The van der Waals surface area contributed by atoms with Crippen molar-refractivity contribution in [1.29, 1.82) is 0 Å². The standard InChI is InChI=1S/C9H12N2O2/c1-8(12)11(13)7-5-9-4-2-3-6-10-9/h2-4,6,11H,5,7H2,1H3. The van der Waals surface area contributed by atoms with E-state index in [4.69, 9.17) is 0 Å². The summed E-state index contributed by atoms with van der Waals surface area (Å²) in [6.45, 7) is 1.55. The lowest BCUT2D eigenvalue weighted by molar-refractivity contribution is -0.763. The average Bonchev–Trinajstić information content (AvgIpc) is 2.15. The van der Waals surface area contributed by atoms with Gasteiger partial charge in [-0.25, -0.2) is 4.79 Å². The van der Waals surface area contributed by atoms with Crippen LogP contribution in [-0.4, -0.2) is 17.4 Å². The van der Waals surface area contributed by atoms with Crippen LogP contribution in [0.3, 0.4) is 0 Å². The molecule has 13 heavy (non-hydrogen) atoms. The summed E-state index contributed by atoms with van der Waals surface area (Å²) in [5.74, 6) is -0.379. The zero-order chi connectivity index (χ0) is 9.68. The van der Waals surface area contributed by atoms with E-state index in [9.17, 15) is 10.0 Å². The molecule has 0 fully saturated rings. The summed E-state index contributed by atoms with van der Waals surface area (Å²) in [5.41, 5.74) is 0.845. The molecule has 1 amide bonds. The number of nitrogens with zero attached hydrogens (tertiary/aromatic N) is 1. The minimum absolute atomic E-state index is 0.256. The third kappa shape index (κ3) is 3.31. The minimum atomic E-state index is -0.379. The molecule has 0 bridgehead atoms. The first-order valence-corrected chi connectivity index (χ1v) is 4.14. The van der Waals surface area contributed by atoms with Crippen LogP contribution in [0.25, 0.3) is 0 Å². The highest BCUT2D eigenvalue weighted by atomic mass is 16.5. The Kier molecular flexibility index (Phi) is 3.54. The molecule has 4 heteroatoms. The molecule has 0 spiro atoms. The quantitative estimate of drug-likeness (QED) is 0.641. The van der Waals surface area contributed by atoms with Crippen molar-refractivity contribution in [3.05, 3.63) is 35.3 Å². The van der Waals surface area contributed by atoms with Crippen LogP contribution < -0.4 is 5.06 Å². The summed E-state index contributed by atoms with van der Waals surface area (Å²) < 4.78 is 0. The fourth-order valence-corrected chi connectivity index (χ4v) is 0.964. The summed E-state index contributed by atoms with van der Waals surface area (Å²) in [7, 11) is 0. The van der Waals surface area contributed by atoms with Gasteiger partial charge in [-0.2, -0.15) is 0 Å². The highest BCUT2D eigenvalue weighted by Crippen LogP contribution is 1.91. The normalized spacial score (nSPS) is 12.5. The minimum Gasteiger partial charge on any atom is -0.627 e. The van der Waals surface area contributed by atoms with E-state index < -0.39 is 0 Å². The predicted octanol–water partition coefficient (Wildman–Crippen LogP) is -0.447. The second-order valence-electron chi connectivity index (χ2n) is 2.80. The average molecular weight is 180 g/mol. The van der Waals surface area contributed by atoms with Crippen molar-refractivity contribution in [1.82, 2.24) is 4.98 Å². The van der Waals surface area contributed by atoms with Gasteiger partial charge in [0.2, 0.25) is 0 Å². The molecule has 0 aliphatic rings. The molecule has 0 radical (unpaired) electrons. The molecule has 1 unspecified atom stereocenters. The van der Waals surface area contributed by atoms with E-state index in [0.29, 0.717) is 6.42 Å². The van der Waals surface area contributed by atoms with Crippen LogP contribution in [0.2, 0.25) is 0 Å². The fraction of sp³-hybridized carbons (Fsp3) is 0.333. The number of amides is 1. The Morgan fingerprint density at radius 3 is 2.92 bits per heavy atom. The van der Waals surface area contributed by atoms with Gasteiger partial charge < -0.3 is 10.3 Å². The highest BCUT2D eigenvalue weighted by Gasteiger charge is 2.03. The molecular formula is C9H12N2O2. The van der Waals surface area contributed by atoms with Gasteiger partial charge in [-0.15, -0.1) is 0 Å². The van der Waals surface area contributed by atoms with E-state index >= 15 is 0 Å². The van der Waals surface area contributed by atoms with Crippen LogP contribution in [0, 0.1) is 5.21 Å². The zero-order valence-electron chi connectivity index (χ0n) is 7.49. The van der Waals surface area contributed by atoms with Gasteiger partial charge >= 0.3 is 5.91 Å². The van der Waals surface area contributed by atoms with Crippen LogP contribution in [-0.2, 0) is 11.2 Å². The Morgan fingerprint density at radius 2 is 2.38 bits per heavy atom. The molecule has 1 aromatic heterocycles. The van der Waals surface area contributed by atoms with Gasteiger partial charge in [-0.05, 0) is 12.1 Å². The van der Waals surface area contributed by atoms with Gasteiger partial charge in [0.15, 0.2) is 0 Å². The number of rotatable bonds is 3. The highest BCUT2D eigenvalue weighted by molar-refractivity contribution is 5.63. The largest absolute Gasteiger partial charge is 0.627 e. The Morgan fingerprint density at radius 1 is 1.62 bits per heavy atom. The van der Waals surface area contributed by atoms with Gasteiger partial charge in [0.25, 0.3) is 0 Å². The van der Waals surface area contributed by atoms with Crippen molar-refractivity contribution in [2.45, 2.75) is 13.3 Å². The molecule has 0 saturated heterocycles. The number of hydroxylamine groups is 2. The number of aromatic nitrogens is 1. The maximum Gasteiger partial charge on any atom is 0.308 e. The van der Waals surface area contributed by atoms with Crippen LogP contribution >= 0.6 is 0 Å². The lowest BCUT2D eigenvalue weighted by Crippen LogP contribution is -3.09. The summed E-state index contributed by atoms with van der Waals surface area (Å²) in [5, 5.41) is 10.6. The van der Waals surface area contributed by atoms with Crippen LogP contribution in [0.5, 0.6) is 0 Å². The third-order valence-electron chi connectivity index (χ3n) is 1.73. The van der Waals surface area contributed by atoms with Gasteiger partial charge in [0.1, 0.15) is 0 Å². The molecule has 1 rings (SSSR count). The third-order valence-corrected chi connectivity index (χ3v) is 1.73. The number of pyridine rings is 1. The second kappa shape index (κ2) is 4.69. The van der Waals surface area contributed by atoms with E-state index in [1.165, 1.54) is 6.92 Å². The first-order valence-electron chi connectivity index (χ1n) is 4.14. The number of carbonyl (C=O) groups excluding carboxylic acids is 1. The van der Waals surface area contributed by atoms with Crippen LogP contribution in [0.4, 0.5) is 0 Å². The molecule has 0 aliphatic heterocycles. The molecule has 0 aromatic carbocycles. The summed E-state index contributed by atoms with van der Waals surface area (Å²) in [6.07, 6.45) is 2.22. The van der Waals surface area contributed by atoms with Crippen molar-refractivity contribution >= 4 is 5.91 Å². The summed E-state index contributed by atoms with van der Waals surface area (Å²) in [4.78, 5) is 14.6. The Hall–Kier alpha value is -1.26. The van der Waals surface area contributed by atoms with Gasteiger partial charge in [0, 0.05) is 18.3 Å². The second-order valence-corrected chi connectivity index (χ2v) is 2.80. The monoisotopic (exact) mass is 180 g/mol. The van der Waals surface area contributed by atoms with Crippen molar-refractivity contribution in [2.75, 3.05) is 6.54 Å². The smallest absolute Gasteiger partial charge is 0.308 e. The van der Waals surface area contributed by atoms with E-state index in [1.54, 1.807) is 6.20 Å². The molecule has 1 N–H and O–H groups in total. The first kappa shape index (κ1) is 9.83. The van der Waals surface area contributed by atoms with E-state index in [1.807, 2.05) is 18.2 Å². The van der Waals surface area contributed by atoms with Gasteiger partial charge in [-0.1, -0.05) is 6.07 Å². The van der Waals surface area contributed by atoms with E-state index in [2.05, 4.69) is 4.98 Å². The Bertz CT molecular complexity index is 274. The van der Waals surface area contributed by atoms with Crippen LogP contribution in [0.15, 0.2) is 24.4 Å². The molecule has 1 aromatic rings. The van der Waals surface area contributed by atoms with E-state index in [0.717, 1.165) is 5.69 Å². The Balaban J connectivity index is 2.39. The summed E-state index contributed by atoms with van der Waals surface area (Å²) >= 11 is 0. The van der Waals surface area contributed by atoms with Crippen LogP contribution in [0.1, 0.15) is 12.6 Å². The maximum atomic E-state index is 10.9. The predicted molar refractivity (Wildman–Crippen MR) is 47.8 cm³/mol. The number of quaternary nitrogens is 1. The molecular weight excluding hydrogens is 168 g/mol.